The average molecular weight is 208 g/mol. The molecule has 0 radical (unpaired) electrons. The number of ether oxygens (including phenoxy) is 1. The van der Waals surface area contributed by atoms with E-state index in [0.29, 0.717) is 5.92 Å². The molecule has 0 aromatic rings. The Morgan fingerprint density at radius 3 is 2.67 bits per heavy atom. The Morgan fingerprint density at radius 1 is 1.27 bits per heavy atom. The van der Waals surface area contributed by atoms with Crippen LogP contribution in [-0.4, -0.2) is 5.60 Å². The largest absolute Gasteiger partial charge is 0.492 e. The number of hydrogen-bond acceptors (Lipinski definition) is 1. The molecular weight excluding hydrogens is 184 g/mol. The first kappa shape index (κ1) is 11.0. The summed E-state index contributed by atoms with van der Waals surface area (Å²) in [7, 11) is 0. The van der Waals surface area contributed by atoms with Gasteiger partial charge in [0, 0.05) is 5.92 Å². The van der Waals surface area contributed by atoms with Crippen LogP contribution in [0.1, 0.15) is 59.8 Å². The van der Waals surface area contributed by atoms with Crippen LogP contribution < -0.4 is 0 Å². The Kier molecular flexibility index (Phi) is 2.83. The van der Waals surface area contributed by atoms with Crippen molar-refractivity contribution in [3.05, 3.63) is 11.3 Å². The van der Waals surface area contributed by atoms with Gasteiger partial charge in [-0.25, -0.2) is 0 Å². The van der Waals surface area contributed by atoms with E-state index in [4.69, 9.17) is 4.74 Å². The van der Waals surface area contributed by atoms with Gasteiger partial charge in [0.15, 0.2) is 0 Å². The maximum Gasteiger partial charge on any atom is 0.104 e. The highest BCUT2D eigenvalue weighted by Crippen LogP contribution is 2.44. The van der Waals surface area contributed by atoms with Gasteiger partial charge in [-0.05, 0) is 51.0 Å². The van der Waals surface area contributed by atoms with Gasteiger partial charge in [-0.3, -0.25) is 0 Å². The highest BCUT2D eigenvalue weighted by molar-refractivity contribution is 5.20. The Bertz CT molecular complexity index is 273. The predicted molar refractivity (Wildman–Crippen MR) is 63.6 cm³/mol. The van der Waals surface area contributed by atoms with Gasteiger partial charge in [0.25, 0.3) is 0 Å². The molecule has 15 heavy (non-hydrogen) atoms. The quantitative estimate of drug-likeness (QED) is 0.624. The molecule has 0 aromatic heterocycles. The van der Waals surface area contributed by atoms with Crippen molar-refractivity contribution in [2.45, 2.75) is 65.4 Å². The molecule has 1 heteroatoms. The van der Waals surface area contributed by atoms with E-state index in [1.165, 1.54) is 37.9 Å². The van der Waals surface area contributed by atoms with Crippen LogP contribution in [0.2, 0.25) is 0 Å². The van der Waals surface area contributed by atoms with E-state index < -0.39 is 0 Å². The lowest BCUT2D eigenvalue weighted by molar-refractivity contribution is -0.0205. The Hall–Kier alpha value is -0.460. The van der Waals surface area contributed by atoms with Crippen molar-refractivity contribution in [3.63, 3.8) is 0 Å². The number of allylic oxidation sites excluding steroid dienone is 2. The third-order valence-electron chi connectivity index (χ3n) is 3.71. The molecule has 1 aliphatic carbocycles. The minimum absolute atomic E-state index is 0.0606. The van der Waals surface area contributed by atoms with Crippen molar-refractivity contribution in [2.75, 3.05) is 0 Å². The molecular formula is C14H24O. The van der Waals surface area contributed by atoms with Crippen molar-refractivity contribution in [2.24, 2.45) is 11.8 Å². The van der Waals surface area contributed by atoms with E-state index in [9.17, 15) is 0 Å². The lowest BCUT2D eigenvalue weighted by atomic mass is 9.75. The zero-order valence-electron chi connectivity index (χ0n) is 10.6. The molecule has 2 rings (SSSR count). The first-order valence-corrected chi connectivity index (χ1v) is 6.41. The molecule has 1 fully saturated rings. The summed E-state index contributed by atoms with van der Waals surface area (Å²) in [6, 6.07) is 0. The van der Waals surface area contributed by atoms with E-state index >= 15 is 0 Å². The van der Waals surface area contributed by atoms with Crippen LogP contribution in [0.4, 0.5) is 0 Å². The molecule has 1 nitrogen and oxygen atoms in total. The van der Waals surface area contributed by atoms with Crippen LogP contribution in [0, 0.1) is 11.8 Å². The molecule has 0 N–H and O–H groups in total. The van der Waals surface area contributed by atoms with E-state index in [1.807, 2.05) is 0 Å². The summed E-state index contributed by atoms with van der Waals surface area (Å²) in [5, 5.41) is 0. The van der Waals surface area contributed by atoms with Crippen molar-refractivity contribution >= 4 is 0 Å². The summed E-state index contributed by atoms with van der Waals surface area (Å²) in [5.74, 6) is 2.69. The smallest absolute Gasteiger partial charge is 0.104 e. The van der Waals surface area contributed by atoms with Gasteiger partial charge < -0.3 is 4.74 Å². The summed E-state index contributed by atoms with van der Waals surface area (Å²) in [5.41, 5.74) is 1.71. The predicted octanol–water partition coefficient (Wildman–Crippen LogP) is 4.29. The molecule has 0 spiro atoms. The summed E-state index contributed by atoms with van der Waals surface area (Å²) >= 11 is 0. The first-order chi connectivity index (χ1) is 6.99. The molecule has 0 aromatic carbocycles. The van der Waals surface area contributed by atoms with Crippen LogP contribution in [0.15, 0.2) is 11.3 Å². The van der Waals surface area contributed by atoms with Crippen molar-refractivity contribution < 1.29 is 4.74 Å². The summed E-state index contributed by atoms with van der Waals surface area (Å²) in [6.07, 6.45) is 6.67. The van der Waals surface area contributed by atoms with Gasteiger partial charge in [0.2, 0.25) is 0 Å². The molecule has 0 unspecified atom stereocenters. The van der Waals surface area contributed by atoms with Gasteiger partial charge >= 0.3 is 0 Å². The molecule has 2 aliphatic rings. The number of rotatable bonds is 1. The second-order valence-electron chi connectivity index (χ2n) is 6.05. The molecule has 1 saturated carbocycles. The third kappa shape index (κ3) is 2.21. The minimum Gasteiger partial charge on any atom is -0.492 e. The fourth-order valence-electron chi connectivity index (χ4n) is 3.12. The van der Waals surface area contributed by atoms with E-state index in [-0.39, 0.29) is 5.60 Å². The van der Waals surface area contributed by atoms with E-state index in [1.54, 1.807) is 5.57 Å². The Morgan fingerprint density at radius 2 is 2.00 bits per heavy atom. The van der Waals surface area contributed by atoms with Crippen LogP contribution in [0.5, 0.6) is 0 Å². The monoisotopic (exact) mass is 208 g/mol. The molecule has 1 heterocycles. The van der Waals surface area contributed by atoms with Crippen LogP contribution >= 0.6 is 0 Å². The van der Waals surface area contributed by atoms with Crippen LogP contribution in [0.25, 0.3) is 0 Å². The molecule has 0 bridgehead atoms. The zero-order valence-corrected chi connectivity index (χ0v) is 10.6. The molecule has 0 amide bonds. The second-order valence-corrected chi connectivity index (χ2v) is 6.05. The van der Waals surface area contributed by atoms with Crippen molar-refractivity contribution in [1.29, 1.82) is 0 Å². The fraction of sp³-hybridized carbons (Fsp3) is 0.857. The third-order valence-corrected chi connectivity index (χ3v) is 3.71. The second kappa shape index (κ2) is 3.84. The van der Waals surface area contributed by atoms with Gasteiger partial charge in [-0.1, -0.05) is 20.3 Å². The van der Waals surface area contributed by atoms with E-state index in [0.717, 1.165) is 5.92 Å². The molecule has 0 saturated heterocycles. The van der Waals surface area contributed by atoms with Crippen molar-refractivity contribution in [3.8, 4) is 0 Å². The summed E-state index contributed by atoms with van der Waals surface area (Å²) in [4.78, 5) is 0. The van der Waals surface area contributed by atoms with Crippen LogP contribution in [-0.2, 0) is 4.74 Å². The SMILES string of the molecule is CC(C)C1=C2CCCC[C@H]2CC(C)(C)O1. The van der Waals surface area contributed by atoms with E-state index in [2.05, 4.69) is 27.7 Å². The number of fused-ring (bicyclic) bond motifs is 1. The van der Waals surface area contributed by atoms with Gasteiger partial charge in [-0.2, -0.15) is 0 Å². The first-order valence-electron chi connectivity index (χ1n) is 6.41. The lowest BCUT2D eigenvalue weighted by Gasteiger charge is -2.42. The van der Waals surface area contributed by atoms with Gasteiger partial charge in [-0.15, -0.1) is 0 Å². The lowest BCUT2D eigenvalue weighted by Crippen LogP contribution is -2.36. The summed E-state index contributed by atoms with van der Waals surface area (Å²) in [6.45, 7) is 8.99. The molecule has 1 aliphatic heterocycles. The standard InChI is InChI=1S/C14H24O/c1-10(2)13-12-8-6-5-7-11(12)9-14(3,4)15-13/h10-11H,5-9H2,1-4H3/t11-/m0/s1. The summed E-state index contributed by atoms with van der Waals surface area (Å²) < 4.78 is 6.18. The molecule has 86 valence electrons. The maximum atomic E-state index is 6.18. The topological polar surface area (TPSA) is 9.23 Å². The maximum absolute atomic E-state index is 6.18. The highest BCUT2D eigenvalue weighted by Gasteiger charge is 2.36. The van der Waals surface area contributed by atoms with Crippen LogP contribution in [0.3, 0.4) is 0 Å². The number of hydrogen-bond donors (Lipinski definition) is 0. The van der Waals surface area contributed by atoms with Gasteiger partial charge in [0.1, 0.15) is 5.60 Å². The fourth-order valence-corrected chi connectivity index (χ4v) is 3.12. The Labute approximate surface area is 93.9 Å². The molecule has 1 atom stereocenters. The van der Waals surface area contributed by atoms with Gasteiger partial charge in [0.05, 0.1) is 5.76 Å². The Balaban J connectivity index is 2.31. The highest BCUT2D eigenvalue weighted by atomic mass is 16.5. The average Bonchev–Trinajstić information content (AvgIpc) is 2.14. The minimum atomic E-state index is 0.0606. The zero-order chi connectivity index (χ0) is 11.1. The van der Waals surface area contributed by atoms with Crippen molar-refractivity contribution in [1.82, 2.24) is 0 Å². The normalized spacial score (nSPS) is 30.1.